The monoisotopic (exact) mass is 220 g/mol. The predicted molar refractivity (Wildman–Crippen MR) is 55.2 cm³/mol. The molecular weight excluding hydrogens is 211 g/mol. The minimum atomic E-state index is -1.42. The second-order valence-electron chi connectivity index (χ2n) is 3.02. The number of benzene rings is 1. The molecule has 0 aromatic heterocycles. The summed E-state index contributed by atoms with van der Waals surface area (Å²) in [4.78, 5) is 11.3. The second-order valence-corrected chi connectivity index (χ2v) is 3.96. The zero-order chi connectivity index (χ0) is 11.3. The second kappa shape index (κ2) is 4.68. The Labute approximate surface area is 88.9 Å². The molecule has 76 valence electrons. The van der Waals surface area contributed by atoms with E-state index in [4.69, 9.17) is 11.0 Å². The molecule has 4 nitrogen and oxygen atoms in total. The average molecular weight is 220 g/mol. The highest BCUT2D eigenvalue weighted by molar-refractivity contribution is 7.27. The highest BCUT2D eigenvalue weighted by Gasteiger charge is 2.39. The molecule has 0 fully saturated rings. The normalized spacial score (nSPS) is 14.1. The van der Waals surface area contributed by atoms with Crippen LogP contribution < -0.4 is 5.73 Å². The SMILES string of the molecule is N#CCC(P=O)(C(N)=O)c1ccccc1. The maximum atomic E-state index is 11.3. The van der Waals surface area contributed by atoms with Gasteiger partial charge in [0.15, 0.2) is 13.6 Å². The summed E-state index contributed by atoms with van der Waals surface area (Å²) in [6.45, 7) is 0. The van der Waals surface area contributed by atoms with Gasteiger partial charge in [0.25, 0.3) is 0 Å². The van der Waals surface area contributed by atoms with Crippen molar-refractivity contribution in [3.05, 3.63) is 35.9 Å². The third kappa shape index (κ3) is 2.03. The summed E-state index contributed by atoms with van der Waals surface area (Å²) in [5.41, 5.74) is 5.70. The predicted octanol–water partition coefficient (Wildman–Crippen LogP) is 1.57. The Balaban J connectivity index is 3.29. The Bertz CT molecular complexity index is 413. The first kappa shape index (κ1) is 11.4. The van der Waals surface area contributed by atoms with E-state index in [1.54, 1.807) is 30.3 Å². The molecule has 0 radical (unpaired) electrons. The van der Waals surface area contributed by atoms with Gasteiger partial charge in [-0.25, -0.2) is 0 Å². The van der Waals surface area contributed by atoms with E-state index in [9.17, 15) is 9.36 Å². The molecule has 0 bridgehead atoms. The van der Waals surface area contributed by atoms with Crippen molar-refractivity contribution in [2.75, 3.05) is 0 Å². The summed E-state index contributed by atoms with van der Waals surface area (Å²) in [5, 5.41) is 7.22. The number of carbonyl (C=O) groups excluding carboxylic acids is 1. The van der Waals surface area contributed by atoms with E-state index in [1.807, 2.05) is 6.07 Å². The maximum Gasteiger partial charge on any atom is 0.240 e. The minimum Gasteiger partial charge on any atom is -0.368 e. The molecule has 5 heteroatoms. The van der Waals surface area contributed by atoms with Crippen LogP contribution >= 0.6 is 8.46 Å². The number of hydrogen-bond donors (Lipinski definition) is 1. The van der Waals surface area contributed by atoms with Gasteiger partial charge in [-0.05, 0) is 5.56 Å². The Kier molecular flexibility index (Phi) is 3.54. The van der Waals surface area contributed by atoms with Crippen LogP contribution in [0.1, 0.15) is 12.0 Å². The Hall–Kier alpha value is -1.72. The van der Waals surface area contributed by atoms with Crippen LogP contribution in [0.4, 0.5) is 0 Å². The van der Waals surface area contributed by atoms with Crippen LogP contribution in [0.2, 0.25) is 0 Å². The summed E-state index contributed by atoms with van der Waals surface area (Å²) in [7, 11) is -0.454. The summed E-state index contributed by atoms with van der Waals surface area (Å²) in [6.07, 6.45) is -0.197. The molecule has 0 saturated carbocycles. The van der Waals surface area contributed by atoms with Crippen LogP contribution in [0.25, 0.3) is 0 Å². The fourth-order valence-corrected chi connectivity index (χ4v) is 1.77. The smallest absolute Gasteiger partial charge is 0.240 e. The van der Waals surface area contributed by atoms with E-state index in [0.29, 0.717) is 5.56 Å². The molecule has 15 heavy (non-hydrogen) atoms. The van der Waals surface area contributed by atoms with Crippen molar-refractivity contribution >= 4 is 14.4 Å². The van der Waals surface area contributed by atoms with E-state index in [0.717, 1.165) is 0 Å². The van der Waals surface area contributed by atoms with Crippen molar-refractivity contribution in [3.8, 4) is 6.07 Å². The maximum absolute atomic E-state index is 11.3. The minimum absolute atomic E-state index is 0.197. The molecule has 1 amide bonds. The first-order valence-electron chi connectivity index (χ1n) is 4.24. The van der Waals surface area contributed by atoms with Crippen molar-refractivity contribution in [1.82, 2.24) is 0 Å². The molecule has 0 aliphatic rings. The molecule has 2 N–H and O–H groups in total. The molecule has 0 aliphatic carbocycles. The number of amides is 1. The van der Waals surface area contributed by atoms with Gasteiger partial charge in [0.05, 0.1) is 12.5 Å². The van der Waals surface area contributed by atoms with Crippen molar-refractivity contribution in [2.45, 2.75) is 11.6 Å². The average Bonchev–Trinajstić information content (AvgIpc) is 2.26. The van der Waals surface area contributed by atoms with Crippen LogP contribution in [0, 0.1) is 11.3 Å². The molecule has 1 unspecified atom stereocenters. The molecule has 0 saturated heterocycles. The number of primary amides is 1. The van der Waals surface area contributed by atoms with Crippen LogP contribution in [-0.2, 0) is 14.5 Å². The van der Waals surface area contributed by atoms with Gasteiger partial charge in [0, 0.05) is 0 Å². The lowest BCUT2D eigenvalue weighted by Gasteiger charge is -2.20. The van der Waals surface area contributed by atoms with Gasteiger partial charge in [0.1, 0.15) is 0 Å². The van der Waals surface area contributed by atoms with E-state index in [-0.39, 0.29) is 6.42 Å². The lowest BCUT2D eigenvalue weighted by molar-refractivity contribution is -0.120. The molecule has 1 atom stereocenters. The van der Waals surface area contributed by atoms with Crippen molar-refractivity contribution in [2.24, 2.45) is 5.73 Å². The first-order valence-corrected chi connectivity index (χ1v) is 5.05. The quantitative estimate of drug-likeness (QED) is 0.781. The summed E-state index contributed by atoms with van der Waals surface area (Å²) in [6, 6.07) is 10.3. The van der Waals surface area contributed by atoms with Gasteiger partial charge >= 0.3 is 0 Å². The van der Waals surface area contributed by atoms with Crippen LogP contribution in [0.15, 0.2) is 30.3 Å². The van der Waals surface area contributed by atoms with Crippen molar-refractivity contribution in [3.63, 3.8) is 0 Å². The number of rotatable bonds is 4. The molecule has 0 aliphatic heterocycles. The van der Waals surface area contributed by atoms with Gasteiger partial charge in [-0.2, -0.15) is 5.26 Å². The Morgan fingerprint density at radius 2 is 2.07 bits per heavy atom. The van der Waals surface area contributed by atoms with Gasteiger partial charge in [0.2, 0.25) is 5.91 Å². The first-order chi connectivity index (χ1) is 7.17. The largest absolute Gasteiger partial charge is 0.368 e. The number of hydrogen-bond acceptors (Lipinski definition) is 3. The summed E-state index contributed by atoms with van der Waals surface area (Å²) >= 11 is 0. The lowest BCUT2D eigenvalue weighted by Crippen LogP contribution is -2.36. The topological polar surface area (TPSA) is 83.9 Å². The molecule has 1 rings (SSSR count). The van der Waals surface area contributed by atoms with E-state index < -0.39 is 19.5 Å². The standard InChI is InChI=1S/C10H9N2O2P/c11-7-6-10(15-14,9(12)13)8-4-2-1-3-5-8/h1-5H,6H2,(H2,12,13). The van der Waals surface area contributed by atoms with Gasteiger partial charge < -0.3 is 5.73 Å². The highest BCUT2D eigenvalue weighted by Crippen LogP contribution is 2.37. The third-order valence-corrected chi connectivity index (χ3v) is 3.10. The van der Waals surface area contributed by atoms with Gasteiger partial charge in [-0.15, -0.1) is 0 Å². The number of nitrogens with two attached hydrogens (primary N) is 1. The number of nitrogens with zero attached hydrogens (tertiary/aromatic N) is 1. The Morgan fingerprint density at radius 3 is 2.47 bits per heavy atom. The molecule has 1 aromatic carbocycles. The van der Waals surface area contributed by atoms with Crippen molar-refractivity contribution in [1.29, 1.82) is 5.26 Å². The van der Waals surface area contributed by atoms with E-state index >= 15 is 0 Å². The summed E-state index contributed by atoms with van der Waals surface area (Å²) < 4.78 is 11.1. The number of nitriles is 1. The van der Waals surface area contributed by atoms with Gasteiger partial charge in [-0.1, -0.05) is 30.3 Å². The Morgan fingerprint density at radius 1 is 1.47 bits per heavy atom. The van der Waals surface area contributed by atoms with E-state index in [2.05, 4.69) is 0 Å². The van der Waals surface area contributed by atoms with E-state index in [1.165, 1.54) is 0 Å². The third-order valence-electron chi connectivity index (χ3n) is 2.15. The van der Waals surface area contributed by atoms with Crippen LogP contribution in [-0.4, -0.2) is 5.91 Å². The fraction of sp³-hybridized carbons (Fsp3) is 0.200. The zero-order valence-corrected chi connectivity index (χ0v) is 8.78. The highest BCUT2D eigenvalue weighted by atomic mass is 31.1. The van der Waals surface area contributed by atoms with Crippen LogP contribution in [0.5, 0.6) is 0 Å². The fourth-order valence-electron chi connectivity index (χ4n) is 1.29. The summed E-state index contributed by atoms with van der Waals surface area (Å²) in [5.74, 6) is -0.757. The lowest BCUT2D eigenvalue weighted by atomic mass is 9.94. The number of carbonyl (C=O) groups is 1. The van der Waals surface area contributed by atoms with Crippen LogP contribution in [0.3, 0.4) is 0 Å². The zero-order valence-electron chi connectivity index (χ0n) is 7.88. The molecule has 0 heterocycles. The molecule has 0 spiro atoms. The molecular formula is C10H9N2O2P. The molecule has 1 aromatic rings. The van der Waals surface area contributed by atoms with Crippen molar-refractivity contribution < 1.29 is 9.36 Å². The van der Waals surface area contributed by atoms with Gasteiger partial charge in [-0.3, -0.25) is 9.36 Å².